The number of ether oxygens (including phenoxy) is 1. The summed E-state index contributed by atoms with van der Waals surface area (Å²) in [5.41, 5.74) is 2.41. The molecule has 128 valence electrons. The molecule has 1 aliphatic carbocycles. The van der Waals surface area contributed by atoms with Gasteiger partial charge in [-0.2, -0.15) is 0 Å². The van der Waals surface area contributed by atoms with Crippen molar-refractivity contribution in [2.75, 3.05) is 31.2 Å². The summed E-state index contributed by atoms with van der Waals surface area (Å²) in [7, 11) is 0. The van der Waals surface area contributed by atoms with E-state index in [0.717, 1.165) is 43.1 Å². The maximum Gasteiger partial charge on any atom is 0.232 e. The van der Waals surface area contributed by atoms with Crippen molar-refractivity contribution in [1.82, 2.24) is 14.8 Å². The van der Waals surface area contributed by atoms with Crippen LogP contribution in [-0.4, -0.2) is 46.3 Å². The number of aromatic nitrogens is 3. The number of anilines is 1. The maximum atomic E-state index is 5.50. The zero-order chi connectivity index (χ0) is 16.4. The van der Waals surface area contributed by atoms with Crippen molar-refractivity contribution in [3.05, 3.63) is 29.8 Å². The number of nitrogens with zero attached hydrogens (tertiary/aromatic N) is 4. The SMILES string of the molecule is Cc1cccc(-n2c(SC3CCCC3)nnc2N2CCOCC2)c1. The first kappa shape index (κ1) is 16.0. The third kappa shape index (κ3) is 3.30. The summed E-state index contributed by atoms with van der Waals surface area (Å²) in [5.74, 6) is 0.949. The van der Waals surface area contributed by atoms with Gasteiger partial charge in [0.2, 0.25) is 5.95 Å². The van der Waals surface area contributed by atoms with Crippen molar-refractivity contribution >= 4 is 17.7 Å². The Hall–Kier alpha value is -1.53. The van der Waals surface area contributed by atoms with Crippen LogP contribution in [0.1, 0.15) is 31.2 Å². The number of morpholine rings is 1. The molecule has 2 aliphatic rings. The molecule has 5 nitrogen and oxygen atoms in total. The van der Waals surface area contributed by atoms with Crippen molar-refractivity contribution in [2.45, 2.75) is 43.0 Å². The Morgan fingerprint density at radius 1 is 1.12 bits per heavy atom. The lowest BCUT2D eigenvalue weighted by Crippen LogP contribution is -2.37. The van der Waals surface area contributed by atoms with E-state index in [1.165, 1.54) is 31.2 Å². The molecule has 6 heteroatoms. The minimum Gasteiger partial charge on any atom is -0.378 e. The van der Waals surface area contributed by atoms with Crippen molar-refractivity contribution in [3.63, 3.8) is 0 Å². The van der Waals surface area contributed by atoms with Crippen molar-refractivity contribution in [3.8, 4) is 5.69 Å². The second-order valence-corrected chi connectivity index (χ2v) is 7.85. The summed E-state index contributed by atoms with van der Waals surface area (Å²) in [6.07, 6.45) is 5.26. The molecule has 1 saturated carbocycles. The summed E-state index contributed by atoms with van der Waals surface area (Å²) >= 11 is 1.89. The van der Waals surface area contributed by atoms with Gasteiger partial charge in [0.1, 0.15) is 0 Å². The fraction of sp³-hybridized carbons (Fsp3) is 0.556. The first-order chi connectivity index (χ1) is 11.8. The molecule has 2 heterocycles. The van der Waals surface area contributed by atoms with Gasteiger partial charge in [0.05, 0.1) is 18.9 Å². The largest absolute Gasteiger partial charge is 0.378 e. The Bertz CT molecular complexity index is 690. The highest BCUT2D eigenvalue weighted by molar-refractivity contribution is 7.99. The van der Waals surface area contributed by atoms with Crippen molar-refractivity contribution in [1.29, 1.82) is 0 Å². The van der Waals surface area contributed by atoms with Crippen LogP contribution in [0.2, 0.25) is 0 Å². The molecule has 0 unspecified atom stereocenters. The zero-order valence-electron chi connectivity index (χ0n) is 14.1. The molecule has 1 aliphatic heterocycles. The monoisotopic (exact) mass is 344 g/mol. The fourth-order valence-electron chi connectivity index (χ4n) is 3.46. The molecule has 0 radical (unpaired) electrons. The Balaban J connectivity index is 1.71. The molecule has 24 heavy (non-hydrogen) atoms. The number of thioether (sulfide) groups is 1. The molecular weight excluding hydrogens is 320 g/mol. The molecule has 0 atom stereocenters. The first-order valence-electron chi connectivity index (χ1n) is 8.83. The lowest BCUT2D eigenvalue weighted by molar-refractivity contribution is 0.122. The Kier molecular flexibility index (Phi) is 4.76. The molecule has 0 N–H and O–H groups in total. The summed E-state index contributed by atoms with van der Waals surface area (Å²) in [6, 6.07) is 8.61. The van der Waals surface area contributed by atoms with E-state index >= 15 is 0 Å². The third-order valence-electron chi connectivity index (χ3n) is 4.74. The van der Waals surface area contributed by atoms with E-state index in [-0.39, 0.29) is 0 Å². The molecule has 2 fully saturated rings. The van der Waals surface area contributed by atoms with Gasteiger partial charge in [-0.15, -0.1) is 10.2 Å². The van der Waals surface area contributed by atoms with E-state index < -0.39 is 0 Å². The zero-order valence-corrected chi connectivity index (χ0v) is 15.0. The average molecular weight is 344 g/mol. The molecule has 0 spiro atoms. The molecule has 1 aromatic heterocycles. The number of hydrogen-bond acceptors (Lipinski definition) is 5. The molecular formula is C18H24N4OS. The van der Waals surface area contributed by atoms with E-state index in [0.29, 0.717) is 5.25 Å². The number of rotatable bonds is 4. The van der Waals surface area contributed by atoms with Gasteiger partial charge in [0, 0.05) is 18.3 Å². The summed E-state index contributed by atoms with van der Waals surface area (Å²) in [5, 5.41) is 10.8. The van der Waals surface area contributed by atoms with Gasteiger partial charge >= 0.3 is 0 Å². The van der Waals surface area contributed by atoms with E-state index in [2.05, 4.69) is 50.9 Å². The van der Waals surface area contributed by atoms with Gasteiger partial charge < -0.3 is 9.64 Å². The van der Waals surface area contributed by atoms with Crippen LogP contribution in [0, 0.1) is 6.92 Å². The van der Waals surface area contributed by atoms with E-state index in [4.69, 9.17) is 4.74 Å². The second kappa shape index (κ2) is 7.15. The summed E-state index contributed by atoms with van der Waals surface area (Å²) in [4.78, 5) is 2.29. The van der Waals surface area contributed by atoms with E-state index in [9.17, 15) is 0 Å². The van der Waals surface area contributed by atoms with E-state index in [1.807, 2.05) is 11.8 Å². The fourth-order valence-corrected chi connectivity index (χ4v) is 4.70. The van der Waals surface area contributed by atoms with Crippen molar-refractivity contribution < 1.29 is 4.74 Å². The molecule has 0 bridgehead atoms. The normalized spacial score (nSPS) is 19.1. The topological polar surface area (TPSA) is 43.2 Å². The predicted molar refractivity (Wildman–Crippen MR) is 97.2 cm³/mol. The third-order valence-corrected chi connectivity index (χ3v) is 6.02. The van der Waals surface area contributed by atoms with Crippen LogP contribution < -0.4 is 4.90 Å². The van der Waals surface area contributed by atoms with Gasteiger partial charge in [0.25, 0.3) is 0 Å². The van der Waals surface area contributed by atoms with Crippen LogP contribution in [0.3, 0.4) is 0 Å². The predicted octanol–water partition coefficient (Wildman–Crippen LogP) is 3.45. The van der Waals surface area contributed by atoms with E-state index in [1.54, 1.807) is 0 Å². The Morgan fingerprint density at radius 3 is 2.67 bits per heavy atom. The smallest absolute Gasteiger partial charge is 0.232 e. The molecule has 1 saturated heterocycles. The highest BCUT2D eigenvalue weighted by Crippen LogP contribution is 2.36. The van der Waals surface area contributed by atoms with Crippen molar-refractivity contribution in [2.24, 2.45) is 0 Å². The second-order valence-electron chi connectivity index (χ2n) is 6.58. The quantitative estimate of drug-likeness (QED) is 0.850. The average Bonchev–Trinajstić information content (AvgIpc) is 3.26. The summed E-state index contributed by atoms with van der Waals surface area (Å²) in [6.45, 7) is 5.39. The highest BCUT2D eigenvalue weighted by atomic mass is 32.2. The Morgan fingerprint density at radius 2 is 1.92 bits per heavy atom. The standard InChI is InChI=1S/C18H24N4OS/c1-14-5-4-6-15(13-14)22-17(21-9-11-23-12-10-21)19-20-18(22)24-16-7-2-3-8-16/h4-6,13,16H,2-3,7-12H2,1H3. The first-order valence-corrected chi connectivity index (χ1v) is 9.71. The van der Waals surface area contributed by atoms with Gasteiger partial charge in [-0.05, 0) is 37.5 Å². The Labute approximate surface area is 147 Å². The lowest BCUT2D eigenvalue weighted by atomic mass is 10.2. The van der Waals surface area contributed by atoms with Crippen LogP contribution in [0.4, 0.5) is 5.95 Å². The van der Waals surface area contributed by atoms with Crippen LogP contribution in [0.25, 0.3) is 5.69 Å². The van der Waals surface area contributed by atoms with Crippen LogP contribution in [0.5, 0.6) is 0 Å². The van der Waals surface area contributed by atoms with Gasteiger partial charge in [-0.25, -0.2) is 0 Å². The van der Waals surface area contributed by atoms with Gasteiger partial charge in [-0.3, -0.25) is 4.57 Å². The number of hydrogen-bond donors (Lipinski definition) is 0. The van der Waals surface area contributed by atoms with Gasteiger partial charge in [-0.1, -0.05) is 36.7 Å². The van der Waals surface area contributed by atoms with Crippen LogP contribution in [-0.2, 0) is 4.74 Å². The number of aryl methyl sites for hydroxylation is 1. The van der Waals surface area contributed by atoms with Crippen LogP contribution in [0.15, 0.2) is 29.4 Å². The number of benzene rings is 1. The van der Waals surface area contributed by atoms with Gasteiger partial charge in [0.15, 0.2) is 5.16 Å². The molecule has 0 amide bonds. The molecule has 4 rings (SSSR count). The van der Waals surface area contributed by atoms with Crippen LogP contribution >= 0.6 is 11.8 Å². The molecule has 1 aromatic carbocycles. The minimum atomic E-state index is 0.676. The highest BCUT2D eigenvalue weighted by Gasteiger charge is 2.25. The summed E-state index contributed by atoms with van der Waals surface area (Å²) < 4.78 is 7.73. The molecule has 2 aromatic rings. The lowest BCUT2D eigenvalue weighted by Gasteiger charge is -2.28. The maximum absolute atomic E-state index is 5.50. The minimum absolute atomic E-state index is 0.676.